The largest absolute Gasteiger partial charge is 0.481 e. The summed E-state index contributed by atoms with van der Waals surface area (Å²) in [7, 11) is 0. The molecule has 1 N–H and O–H groups in total. The molecule has 1 aromatic carbocycles. The van der Waals surface area contributed by atoms with Gasteiger partial charge in [-0.2, -0.15) is 0 Å². The molecule has 18 heavy (non-hydrogen) atoms. The maximum atomic E-state index is 13.9. The van der Waals surface area contributed by atoms with Crippen LogP contribution in [0.15, 0.2) is 16.6 Å². The van der Waals surface area contributed by atoms with Gasteiger partial charge >= 0.3 is 5.97 Å². The molecule has 0 aromatic heterocycles. The molecule has 0 amide bonds. The standard InChI is InChI=1S/C14H18BrFO2/c1-8(2)10-5-9(6-11(15)12(10)16)7-14(3,4)13(17)18/h5-6,8H,7H2,1-4H3,(H,17,18). The Morgan fingerprint density at radius 1 is 1.44 bits per heavy atom. The Morgan fingerprint density at radius 2 is 2.00 bits per heavy atom. The van der Waals surface area contributed by atoms with E-state index in [1.54, 1.807) is 26.0 Å². The van der Waals surface area contributed by atoms with Gasteiger partial charge in [0.15, 0.2) is 0 Å². The number of hydrogen-bond donors (Lipinski definition) is 1. The molecule has 0 aliphatic rings. The fourth-order valence-electron chi connectivity index (χ4n) is 1.78. The van der Waals surface area contributed by atoms with E-state index in [0.717, 1.165) is 5.56 Å². The molecule has 1 aromatic rings. The Balaban J connectivity index is 3.16. The lowest BCUT2D eigenvalue weighted by Crippen LogP contribution is -2.26. The van der Waals surface area contributed by atoms with Crippen molar-refractivity contribution in [3.63, 3.8) is 0 Å². The molecule has 0 saturated carbocycles. The molecular formula is C14H18BrFO2. The summed E-state index contributed by atoms with van der Waals surface area (Å²) in [5.74, 6) is -1.05. The Hall–Kier alpha value is -0.900. The third-order valence-corrected chi connectivity index (χ3v) is 3.54. The van der Waals surface area contributed by atoms with Gasteiger partial charge in [0.1, 0.15) is 5.82 Å². The lowest BCUT2D eigenvalue weighted by Gasteiger charge is -2.20. The molecule has 2 nitrogen and oxygen atoms in total. The van der Waals surface area contributed by atoms with Crippen molar-refractivity contribution in [3.05, 3.63) is 33.5 Å². The number of halogens is 2. The minimum atomic E-state index is -0.856. The molecule has 0 saturated heterocycles. The molecule has 4 heteroatoms. The summed E-state index contributed by atoms with van der Waals surface area (Å²) in [4.78, 5) is 11.1. The summed E-state index contributed by atoms with van der Waals surface area (Å²) in [6, 6.07) is 3.42. The summed E-state index contributed by atoms with van der Waals surface area (Å²) in [5, 5.41) is 9.12. The van der Waals surface area contributed by atoms with Gasteiger partial charge in [-0.1, -0.05) is 19.9 Å². The molecule has 0 bridgehead atoms. The van der Waals surface area contributed by atoms with Crippen LogP contribution in [0, 0.1) is 11.2 Å². The van der Waals surface area contributed by atoms with Crippen molar-refractivity contribution in [1.29, 1.82) is 0 Å². The second kappa shape index (κ2) is 5.39. The fraction of sp³-hybridized carbons (Fsp3) is 0.500. The second-order valence-corrected chi connectivity index (χ2v) is 6.36. The molecule has 0 atom stereocenters. The van der Waals surface area contributed by atoms with E-state index in [-0.39, 0.29) is 11.7 Å². The predicted octanol–water partition coefficient (Wildman–Crippen LogP) is 4.36. The molecular weight excluding hydrogens is 299 g/mol. The topological polar surface area (TPSA) is 37.3 Å². The molecule has 0 fully saturated rings. The van der Waals surface area contributed by atoms with E-state index in [0.29, 0.717) is 16.5 Å². The summed E-state index contributed by atoms with van der Waals surface area (Å²) < 4.78 is 14.3. The van der Waals surface area contributed by atoms with Crippen molar-refractivity contribution in [2.45, 2.75) is 40.0 Å². The average molecular weight is 317 g/mol. The van der Waals surface area contributed by atoms with Crippen LogP contribution >= 0.6 is 15.9 Å². The van der Waals surface area contributed by atoms with Crippen molar-refractivity contribution in [2.24, 2.45) is 5.41 Å². The van der Waals surface area contributed by atoms with Gasteiger partial charge in [-0.05, 0) is 59.3 Å². The highest BCUT2D eigenvalue weighted by atomic mass is 79.9. The maximum Gasteiger partial charge on any atom is 0.309 e. The SMILES string of the molecule is CC(C)c1cc(CC(C)(C)C(=O)O)cc(Br)c1F. The third-order valence-electron chi connectivity index (χ3n) is 2.96. The maximum absolute atomic E-state index is 13.9. The number of carbonyl (C=O) groups is 1. The minimum Gasteiger partial charge on any atom is -0.481 e. The van der Waals surface area contributed by atoms with Gasteiger partial charge in [-0.15, -0.1) is 0 Å². The molecule has 0 aliphatic heterocycles. The fourth-order valence-corrected chi connectivity index (χ4v) is 2.30. The van der Waals surface area contributed by atoms with Crippen LogP contribution in [0.4, 0.5) is 4.39 Å². The number of carboxylic acids is 1. The van der Waals surface area contributed by atoms with Gasteiger partial charge < -0.3 is 5.11 Å². The molecule has 0 spiro atoms. The highest BCUT2D eigenvalue weighted by molar-refractivity contribution is 9.10. The van der Waals surface area contributed by atoms with Crippen molar-refractivity contribution < 1.29 is 14.3 Å². The lowest BCUT2D eigenvalue weighted by atomic mass is 9.85. The summed E-state index contributed by atoms with van der Waals surface area (Å²) >= 11 is 3.19. The van der Waals surface area contributed by atoms with Gasteiger partial charge in [0, 0.05) is 0 Å². The Bertz CT molecular complexity index is 467. The van der Waals surface area contributed by atoms with Crippen LogP contribution in [0.5, 0.6) is 0 Å². The Kier molecular flexibility index (Phi) is 4.54. The van der Waals surface area contributed by atoms with E-state index < -0.39 is 11.4 Å². The molecule has 0 heterocycles. The third kappa shape index (κ3) is 3.31. The van der Waals surface area contributed by atoms with Gasteiger partial charge in [-0.25, -0.2) is 4.39 Å². The molecule has 0 radical (unpaired) electrons. The van der Waals surface area contributed by atoms with Crippen LogP contribution in [-0.4, -0.2) is 11.1 Å². The molecule has 1 rings (SSSR count). The summed E-state index contributed by atoms with van der Waals surface area (Å²) in [5.41, 5.74) is 0.589. The van der Waals surface area contributed by atoms with E-state index in [4.69, 9.17) is 5.11 Å². The average Bonchev–Trinajstić information content (AvgIpc) is 2.21. The Morgan fingerprint density at radius 3 is 2.44 bits per heavy atom. The first-order chi connectivity index (χ1) is 8.15. The van der Waals surface area contributed by atoms with E-state index in [2.05, 4.69) is 15.9 Å². The predicted molar refractivity (Wildman–Crippen MR) is 73.3 cm³/mol. The van der Waals surface area contributed by atoms with Gasteiger partial charge in [0.25, 0.3) is 0 Å². The van der Waals surface area contributed by atoms with Crippen LogP contribution in [0.1, 0.15) is 44.7 Å². The number of rotatable bonds is 4. The normalized spacial score (nSPS) is 11.9. The van der Waals surface area contributed by atoms with E-state index in [1.165, 1.54) is 0 Å². The number of carboxylic acid groups (broad SMARTS) is 1. The molecule has 0 unspecified atom stereocenters. The van der Waals surface area contributed by atoms with Crippen LogP contribution in [0.3, 0.4) is 0 Å². The van der Waals surface area contributed by atoms with E-state index >= 15 is 0 Å². The highest BCUT2D eigenvalue weighted by Crippen LogP contribution is 2.30. The van der Waals surface area contributed by atoms with Crippen LogP contribution in [0.2, 0.25) is 0 Å². The van der Waals surface area contributed by atoms with Crippen molar-refractivity contribution in [3.8, 4) is 0 Å². The minimum absolute atomic E-state index is 0.0641. The first kappa shape index (κ1) is 15.2. The number of aliphatic carboxylic acids is 1. The van der Waals surface area contributed by atoms with E-state index in [9.17, 15) is 9.18 Å². The van der Waals surface area contributed by atoms with Crippen LogP contribution < -0.4 is 0 Å². The highest BCUT2D eigenvalue weighted by Gasteiger charge is 2.28. The monoisotopic (exact) mass is 316 g/mol. The van der Waals surface area contributed by atoms with Crippen molar-refractivity contribution in [2.75, 3.05) is 0 Å². The number of benzene rings is 1. The smallest absolute Gasteiger partial charge is 0.309 e. The van der Waals surface area contributed by atoms with Crippen molar-refractivity contribution >= 4 is 21.9 Å². The second-order valence-electron chi connectivity index (χ2n) is 5.50. The lowest BCUT2D eigenvalue weighted by molar-refractivity contribution is -0.146. The first-order valence-corrected chi connectivity index (χ1v) is 6.65. The zero-order valence-corrected chi connectivity index (χ0v) is 12.6. The zero-order chi connectivity index (χ0) is 14.1. The zero-order valence-electron chi connectivity index (χ0n) is 11.1. The first-order valence-electron chi connectivity index (χ1n) is 5.86. The van der Waals surface area contributed by atoms with E-state index in [1.807, 2.05) is 13.8 Å². The number of hydrogen-bond acceptors (Lipinski definition) is 1. The Labute approximate surface area is 115 Å². The molecule has 100 valence electrons. The molecule has 0 aliphatic carbocycles. The van der Waals surface area contributed by atoms with Crippen molar-refractivity contribution in [1.82, 2.24) is 0 Å². The summed E-state index contributed by atoms with van der Waals surface area (Å²) in [6.45, 7) is 7.16. The van der Waals surface area contributed by atoms with Crippen LogP contribution in [0.25, 0.3) is 0 Å². The van der Waals surface area contributed by atoms with Crippen LogP contribution in [-0.2, 0) is 11.2 Å². The van der Waals surface area contributed by atoms with Gasteiger partial charge in [0.2, 0.25) is 0 Å². The summed E-state index contributed by atoms with van der Waals surface area (Å²) in [6.07, 6.45) is 0.376. The quantitative estimate of drug-likeness (QED) is 0.895. The van der Waals surface area contributed by atoms with Gasteiger partial charge in [-0.3, -0.25) is 4.79 Å². The van der Waals surface area contributed by atoms with Gasteiger partial charge in [0.05, 0.1) is 9.89 Å².